The highest BCUT2D eigenvalue weighted by Gasteiger charge is 2.13. The lowest BCUT2D eigenvalue weighted by molar-refractivity contribution is 0.174. The molecule has 2 heterocycles. The molecule has 0 saturated carbocycles. The van der Waals surface area contributed by atoms with Gasteiger partial charge in [-0.25, -0.2) is 4.39 Å². The summed E-state index contributed by atoms with van der Waals surface area (Å²) in [6, 6.07) is 14.1. The molecule has 0 bridgehead atoms. The summed E-state index contributed by atoms with van der Waals surface area (Å²) in [5.74, 6) is 2.28. The lowest BCUT2D eigenvalue weighted by Gasteiger charge is -2.13. The van der Waals surface area contributed by atoms with Gasteiger partial charge < -0.3 is 24.8 Å². The van der Waals surface area contributed by atoms with Gasteiger partial charge in [-0.3, -0.25) is 9.98 Å². The van der Waals surface area contributed by atoms with E-state index in [1.807, 2.05) is 18.2 Å². The van der Waals surface area contributed by atoms with Crippen LogP contribution in [0.4, 0.5) is 4.39 Å². The molecule has 162 valence electrons. The maximum absolute atomic E-state index is 14.4. The largest absolute Gasteiger partial charge is 0.454 e. The van der Waals surface area contributed by atoms with Crippen molar-refractivity contribution in [2.24, 2.45) is 4.99 Å². The first-order chi connectivity index (χ1) is 14.7. The number of nitrogens with zero attached hydrogens (tertiary/aromatic N) is 2. The van der Waals surface area contributed by atoms with E-state index in [9.17, 15) is 4.39 Å². The van der Waals surface area contributed by atoms with Crippen LogP contribution in [0.25, 0.3) is 0 Å². The highest BCUT2D eigenvalue weighted by atomic mass is 127. The zero-order valence-electron chi connectivity index (χ0n) is 16.8. The molecule has 3 aromatic rings. The van der Waals surface area contributed by atoms with Gasteiger partial charge in [0.15, 0.2) is 29.0 Å². The van der Waals surface area contributed by atoms with Crippen LogP contribution in [-0.2, 0) is 13.1 Å². The summed E-state index contributed by atoms with van der Waals surface area (Å²) in [5.41, 5.74) is 1.79. The third kappa shape index (κ3) is 5.97. The fraction of sp³-hybridized carbons (Fsp3) is 0.182. The van der Waals surface area contributed by atoms with Gasteiger partial charge >= 0.3 is 0 Å². The van der Waals surface area contributed by atoms with Gasteiger partial charge in [-0.2, -0.15) is 0 Å². The molecule has 0 amide bonds. The lowest BCUT2D eigenvalue weighted by Crippen LogP contribution is -2.36. The Morgan fingerprint density at radius 3 is 2.52 bits per heavy atom. The van der Waals surface area contributed by atoms with Gasteiger partial charge in [0.25, 0.3) is 0 Å². The zero-order valence-corrected chi connectivity index (χ0v) is 19.1. The fourth-order valence-electron chi connectivity index (χ4n) is 2.91. The van der Waals surface area contributed by atoms with Crippen molar-refractivity contribution in [1.82, 2.24) is 15.6 Å². The average Bonchev–Trinajstić information content (AvgIpc) is 3.24. The van der Waals surface area contributed by atoms with E-state index in [4.69, 9.17) is 14.2 Å². The monoisotopic (exact) mass is 536 g/mol. The third-order valence-corrected chi connectivity index (χ3v) is 4.44. The van der Waals surface area contributed by atoms with Gasteiger partial charge in [-0.1, -0.05) is 12.1 Å². The van der Waals surface area contributed by atoms with Crippen LogP contribution in [0.3, 0.4) is 0 Å². The molecule has 0 spiro atoms. The normalized spacial score (nSPS) is 12.1. The number of nitrogens with one attached hydrogen (secondary N) is 2. The van der Waals surface area contributed by atoms with Gasteiger partial charge in [-0.15, -0.1) is 24.0 Å². The SMILES string of the molecule is CN=C(NCc1ccc(Oc2cccnc2)c(F)c1)NCc1ccc2c(c1)OCO2.I. The van der Waals surface area contributed by atoms with Gasteiger partial charge in [0.05, 0.1) is 6.20 Å². The number of fused-ring (bicyclic) bond motifs is 1. The number of benzene rings is 2. The molecule has 1 aliphatic heterocycles. The molecule has 1 aliphatic rings. The molecule has 0 fully saturated rings. The van der Waals surface area contributed by atoms with Gasteiger partial charge in [0, 0.05) is 26.3 Å². The molecule has 31 heavy (non-hydrogen) atoms. The Hall–Kier alpha value is -3.08. The van der Waals surface area contributed by atoms with Gasteiger partial charge in [0.1, 0.15) is 5.75 Å². The Morgan fingerprint density at radius 2 is 1.81 bits per heavy atom. The number of ether oxygens (including phenoxy) is 3. The van der Waals surface area contributed by atoms with Crippen LogP contribution >= 0.6 is 24.0 Å². The Labute approximate surface area is 196 Å². The summed E-state index contributed by atoms with van der Waals surface area (Å²) in [7, 11) is 1.68. The molecule has 7 nitrogen and oxygen atoms in total. The van der Waals surface area contributed by atoms with E-state index in [1.54, 1.807) is 37.5 Å². The van der Waals surface area contributed by atoms with E-state index in [0.717, 1.165) is 22.6 Å². The first-order valence-corrected chi connectivity index (χ1v) is 9.40. The Morgan fingerprint density at radius 1 is 1.06 bits per heavy atom. The van der Waals surface area contributed by atoms with Crippen molar-refractivity contribution in [3.05, 3.63) is 77.9 Å². The number of aromatic nitrogens is 1. The Kier molecular flexibility index (Phi) is 7.88. The third-order valence-electron chi connectivity index (χ3n) is 4.44. The van der Waals surface area contributed by atoms with Gasteiger partial charge in [-0.05, 0) is 47.5 Å². The maximum Gasteiger partial charge on any atom is 0.231 e. The van der Waals surface area contributed by atoms with Gasteiger partial charge in [0.2, 0.25) is 6.79 Å². The first-order valence-electron chi connectivity index (χ1n) is 9.40. The minimum absolute atomic E-state index is 0. The molecule has 9 heteroatoms. The fourth-order valence-corrected chi connectivity index (χ4v) is 2.91. The number of pyridine rings is 1. The van der Waals surface area contributed by atoms with Crippen molar-refractivity contribution in [3.8, 4) is 23.0 Å². The van der Waals surface area contributed by atoms with Crippen molar-refractivity contribution >= 4 is 29.9 Å². The number of hydrogen-bond acceptors (Lipinski definition) is 5. The van der Waals surface area contributed by atoms with E-state index in [1.165, 1.54) is 12.3 Å². The van der Waals surface area contributed by atoms with E-state index in [-0.39, 0.29) is 36.5 Å². The number of aliphatic imine (C=N–C) groups is 1. The van der Waals surface area contributed by atoms with Crippen molar-refractivity contribution in [2.75, 3.05) is 13.8 Å². The van der Waals surface area contributed by atoms with Crippen molar-refractivity contribution in [2.45, 2.75) is 13.1 Å². The lowest BCUT2D eigenvalue weighted by atomic mass is 10.2. The highest BCUT2D eigenvalue weighted by Crippen LogP contribution is 2.32. The summed E-state index contributed by atoms with van der Waals surface area (Å²) in [6.07, 6.45) is 3.16. The Balaban J connectivity index is 0.00000272. The van der Waals surface area contributed by atoms with E-state index in [0.29, 0.717) is 24.8 Å². The molecule has 0 saturated heterocycles. The molecule has 2 aromatic carbocycles. The maximum atomic E-state index is 14.4. The van der Waals surface area contributed by atoms with Crippen molar-refractivity contribution in [3.63, 3.8) is 0 Å². The van der Waals surface area contributed by atoms with Crippen molar-refractivity contribution < 1.29 is 18.6 Å². The van der Waals surface area contributed by atoms with Crippen LogP contribution in [0, 0.1) is 5.82 Å². The minimum atomic E-state index is -0.443. The van der Waals surface area contributed by atoms with Crippen LogP contribution in [0.2, 0.25) is 0 Å². The summed E-state index contributed by atoms with van der Waals surface area (Å²) >= 11 is 0. The topological polar surface area (TPSA) is 77.0 Å². The molecule has 0 unspecified atom stereocenters. The molecule has 2 N–H and O–H groups in total. The van der Waals surface area contributed by atoms with E-state index < -0.39 is 5.82 Å². The summed E-state index contributed by atoms with van der Waals surface area (Å²) in [4.78, 5) is 8.15. The standard InChI is InChI=1S/C22H21FN4O3.HI/c1-24-22(27-12-16-5-7-20-21(10-16)29-14-28-20)26-11-15-4-6-19(18(23)9-15)30-17-3-2-8-25-13-17;/h2-10,13H,11-12,14H2,1H3,(H2,24,26,27);1H. The Bertz CT molecular complexity index is 1050. The molecular weight excluding hydrogens is 514 g/mol. The number of rotatable bonds is 6. The van der Waals surface area contributed by atoms with Crippen LogP contribution in [0.1, 0.15) is 11.1 Å². The van der Waals surface area contributed by atoms with Crippen molar-refractivity contribution in [1.29, 1.82) is 0 Å². The highest BCUT2D eigenvalue weighted by molar-refractivity contribution is 14.0. The molecule has 0 aliphatic carbocycles. The zero-order chi connectivity index (χ0) is 20.8. The number of hydrogen-bond donors (Lipinski definition) is 2. The predicted octanol–water partition coefficient (Wildman–Crippen LogP) is 4.22. The summed E-state index contributed by atoms with van der Waals surface area (Å²) in [6.45, 7) is 1.21. The molecule has 1 aromatic heterocycles. The second-order valence-corrected chi connectivity index (χ2v) is 6.52. The molecule has 0 atom stereocenters. The predicted molar refractivity (Wildman–Crippen MR) is 126 cm³/mol. The van der Waals surface area contributed by atoms with E-state index in [2.05, 4.69) is 20.6 Å². The summed E-state index contributed by atoms with van der Waals surface area (Å²) < 4.78 is 30.6. The minimum Gasteiger partial charge on any atom is -0.454 e. The quantitative estimate of drug-likeness (QED) is 0.279. The number of guanidine groups is 1. The van der Waals surface area contributed by atoms with Crippen LogP contribution in [0.5, 0.6) is 23.0 Å². The van der Waals surface area contributed by atoms with Crippen LogP contribution < -0.4 is 24.8 Å². The van der Waals surface area contributed by atoms with E-state index >= 15 is 0 Å². The first kappa shape index (κ1) is 22.6. The second-order valence-electron chi connectivity index (χ2n) is 6.52. The average molecular weight is 536 g/mol. The second kappa shape index (κ2) is 10.8. The number of halogens is 2. The molecule has 0 radical (unpaired) electrons. The summed E-state index contributed by atoms with van der Waals surface area (Å²) in [5, 5.41) is 6.39. The smallest absolute Gasteiger partial charge is 0.231 e. The van der Waals surface area contributed by atoms with Crippen LogP contribution in [-0.4, -0.2) is 24.8 Å². The molecule has 4 rings (SSSR count). The van der Waals surface area contributed by atoms with Crippen LogP contribution in [0.15, 0.2) is 65.9 Å². The molecular formula is C22H22FIN4O3.